The second-order valence-corrected chi connectivity index (χ2v) is 8.24. The summed E-state index contributed by atoms with van der Waals surface area (Å²) >= 11 is 0. The summed E-state index contributed by atoms with van der Waals surface area (Å²) in [7, 11) is 0. The van der Waals surface area contributed by atoms with E-state index in [4.69, 9.17) is 4.74 Å². The first kappa shape index (κ1) is 20.7. The summed E-state index contributed by atoms with van der Waals surface area (Å²) in [5.41, 5.74) is 2.62. The molecule has 3 aromatic rings. The van der Waals surface area contributed by atoms with Crippen molar-refractivity contribution in [3.63, 3.8) is 0 Å². The van der Waals surface area contributed by atoms with Crippen LogP contribution < -0.4 is 0 Å². The number of aryl methyl sites for hydroxylation is 1. The van der Waals surface area contributed by atoms with Gasteiger partial charge in [0.15, 0.2) is 0 Å². The van der Waals surface area contributed by atoms with Crippen molar-refractivity contribution in [2.75, 3.05) is 13.2 Å². The Labute approximate surface area is 178 Å². The maximum Gasteiger partial charge on any atom is 0.341 e. The third kappa shape index (κ3) is 3.58. The molecule has 4 rings (SSSR count). The Balaban J connectivity index is 1.89. The molecule has 0 fully saturated rings. The van der Waals surface area contributed by atoms with Crippen LogP contribution in [0.1, 0.15) is 48.0 Å². The van der Waals surface area contributed by atoms with E-state index < -0.39 is 11.4 Å². The van der Waals surface area contributed by atoms with Crippen molar-refractivity contribution >= 4 is 28.4 Å². The van der Waals surface area contributed by atoms with Gasteiger partial charge in [-0.05, 0) is 43.2 Å². The number of nitrogens with zero attached hydrogens (tertiary/aromatic N) is 3. The summed E-state index contributed by atoms with van der Waals surface area (Å²) in [6.45, 7) is 7.83. The van der Waals surface area contributed by atoms with Crippen molar-refractivity contribution in [1.82, 2.24) is 20.1 Å². The van der Waals surface area contributed by atoms with Crippen LogP contribution in [0.4, 0.5) is 4.39 Å². The van der Waals surface area contributed by atoms with Crippen molar-refractivity contribution in [2.45, 2.75) is 33.1 Å². The summed E-state index contributed by atoms with van der Waals surface area (Å²) in [5, 5.41) is 8.74. The second kappa shape index (κ2) is 7.61. The fraction of sp³-hybridized carbons (Fsp3) is 0.304. The van der Waals surface area contributed by atoms with Gasteiger partial charge in [0.2, 0.25) is 0 Å². The molecule has 0 bridgehead atoms. The van der Waals surface area contributed by atoms with Crippen LogP contribution in [0.25, 0.3) is 16.5 Å². The van der Waals surface area contributed by atoms with Crippen molar-refractivity contribution in [2.24, 2.45) is 0 Å². The zero-order valence-corrected chi connectivity index (χ0v) is 17.8. The van der Waals surface area contributed by atoms with E-state index in [1.54, 1.807) is 26.2 Å². The molecule has 2 aromatic heterocycles. The van der Waals surface area contributed by atoms with Gasteiger partial charge in [-0.25, -0.2) is 9.18 Å². The van der Waals surface area contributed by atoms with E-state index in [-0.39, 0.29) is 23.9 Å². The fourth-order valence-electron chi connectivity index (χ4n) is 4.07. The number of aromatic amines is 1. The number of aromatic nitrogens is 3. The molecule has 1 aliphatic heterocycles. The summed E-state index contributed by atoms with van der Waals surface area (Å²) in [6, 6.07) is 4.23. The standard InChI is InChI=1S/C23H23FN4O3/c1-5-31-22(30)16-11-28(21(29)14-6-7-17(24)13(2)8-14)12-23(3,4)19-15-9-25-26-10-18(15)27-20(16)19/h6-11,27H,5,12H2,1-4H3. The summed E-state index contributed by atoms with van der Waals surface area (Å²) in [4.78, 5) is 31.0. The molecule has 160 valence electrons. The first-order valence-corrected chi connectivity index (χ1v) is 10.0. The van der Waals surface area contributed by atoms with Crippen molar-refractivity contribution in [1.29, 1.82) is 0 Å². The van der Waals surface area contributed by atoms with E-state index >= 15 is 0 Å². The zero-order chi connectivity index (χ0) is 22.3. The molecule has 0 saturated carbocycles. The van der Waals surface area contributed by atoms with Gasteiger partial charge in [-0.1, -0.05) is 13.8 Å². The lowest BCUT2D eigenvalue weighted by molar-refractivity contribution is -0.136. The molecule has 31 heavy (non-hydrogen) atoms. The first-order chi connectivity index (χ1) is 14.7. The number of benzene rings is 1. The van der Waals surface area contributed by atoms with Gasteiger partial charge in [0, 0.05) is 29.1 Å². The van der Waals surface area contributed by atoms with Gasteiger partial charge < -0.3 is 14.6 Å². The van der Waals surface area contributed by atoms with Gasteiger partial charge >= 0.3 is 5.97 Å². The number of amides is 1. The summed E-state index contributed by atoms with van der Waals surface area (Å²) in [5.74, 6) is -1.24. The molecule has 1 aliphatic rings. The minimum absolute atomic E-state index is 0.198. The number of halogens is 1. The lowest BCUT2D eigenvalue weighted by Crippen LogP contribution is -2.37. The monoisotopic (exact) mass is 422 g/mol. The largest absolute Gasteiger partial charge is 0.462 e. The maximum atomic E-state index is 13.7. The maximum absolute atomic E-state index is 13.7. The quantitative estimate of drug-likeness (QED) is 0.650. The third-order valence-electron chi connectivity index (χ3n) is 5.47. The minimum Gasteiger partial charge on any atom is -0.462 e. The van der Waals surface area contributed by atoms with Crippen LogP contribution in [0.15, 0.2) is 36.8 Å². The number of fused-ring (bicyclic) bond motifs is 3. The number of rotatable bonds is 3. The summed E-state index contributed by atoms with van der Waals surface area (Å²) in [6.07, 6.45) is 4.77. The molecular weight excluding hydrogens is 399 g/mol. The minimum atomic E-state index is -0.540. The number of hydrogen-bond donors (Lipinski definition) is 1. The van der Waals surface area contributed by atoms with Gasteiger partial charge in [-0.2, -0.15) is 10.2 Å². The van der Waals surface area contributed by atoms with E-state index in [1.807, 2.05) is 13.8 Å². The fourth-order valence-corrected chi connectivity index (χ4v) is 4.07. The smallest absolute Gasteiger partial charge is 0.341 e. The number of hydrogen-bond acceptors (Lipinski definition) is 5. The number of nitrogens with one attached hydrogen (secondary N) is 1. The average molecular weight is 422 g/mol. The van der Waals surface area contributed by atoms with E-state index in [2.05, 4.69) is 15.2 Å². The number of carbonyl (C=O) groups excluding carboxylic acids is 2. The van der Waals surface area contributed by atoms with Crippen LogP contribution in [0.2, 0.25) is 0 Å². The number of carbonyl (C=O) groups is 2. The first-order valence-electron chi connectivity index (χ1n) is 10.0. The molecule has 0 spiro atoms. The predicted octanol–water partition coefficient (Wildman–Crippen LogP) is 3.74. The molecule has 0 aliphatic carbocycles. The SMILES string of the molecule is CCOC(=O)C1=CN(C(=O)c2ccc(F)c(C)c2)CC(C)(C)c2c1[nH]c1cnncc21. The van der Waals surface area contributed by atoms with Crippen LogP contribution in [0.3, 0.4) is 0 Å². The van der Waals surface area contributed by atoms with Gasteiger partial charge in [0.1, 0.15) is 5.82 Å². The van der Waals surface area contributed by atoms with Gasteiger partial charge in [-0.15, -0.1) is 0 Å². The Kier molecular flexibility index (Phi) is 5.08. The lowest BCUT2D eigenvalue weighted by Gasteiger charge is -2.29. The zero-order valence-electron chi connectivity index (χ0n) is 17.8. The molecule has 1 amide bonds. The highest BCUT2D eigenvalue weighted by molar-refractivity contribution is 6.18. The normalized spacial score (nSPS) is 15.3. The molecule has 8 heteroatoms. The van der Waals surface area contributed by atoms with Crippen LogP contribution in [0.5, 0.6) is 0 Å². The lowest BCUT2D eigenvalue weighted by atomic mass is 9.82. The molecular formula is C23H23FN4O3. The molecule has 0 unspecified atom stereocenters. The number of H-pyrrole nitrogens is 1. The Morgan fingerprint density at radius 2 is 2.00 bits per heavy atom. The third-order valence-corrected chi connectivity index (χ3v) is 5.47. The molecule has 3 heterocycles. The van der Waals surface area contributed by atoms with Crippen molar-refractivity contribution < 1.29 is 18.7 Å². The molecule has 0 atom stereocenters. The van der Waals surface area contributed by atoms with Crippen LogP contribution >= 0.6 is 0 Å². The molecule has 0 saturated heterocycles. The predicted molar refractivity (Wildman–Crippen MR) is 114 cm³/mol. The van der Waals surface area contributed by atoms with E-state index in [0.29, 0.717) is 23.4 Å². The second-order valence-electron chi connectivity index (χ2n) is 8.24. The number of ether oxygens (including phenoxy) is 1. The van der Waals surface area contributed by atoms with Crippen molar-refractivity contribution in [3.8, 4) is 0 Å². The van der Waals surface area contributed by atoms with E-state index in [0.717, 1.165) is 16.5 Å². The highest BCUT2D eigenvalue weighted by Gasteiger charge is 2.37. The Hall–Kier alpha value is -3.55. The molecule has 0 radical (unpaired) electrons. The number of esters is 1. The molecule has 7 nitrogen and oxygen atoms in total. The highest BCUT2D eigenvalue weighted by Crippen LogP contribution is 2.40. The van der Waals surface area contributed by atoms with Crippen LogP contribution in [-0.2, 0) is 14.9 Å². The van der Waals surface area contributed by atoms with E-state index in [1.165, 1.54) is 29.3 Å². The molecule has 1 N–H and O–H groups in total. The topological polar surface area (TPSA) is 88.2 Å². The van der Waals surface area contributed by atoms with Crippen LogP contribution in [-0.4, -0.2) is 45.1 Å². The Morgan fingerprint density at radius 1 is 1.26 bits per heavy atom. The summed E-state index contributed by atoms with van der Waals surface area (Å²) < 4.78 is 19.0. The van der Waals surface area contributed by atoms with Gasteiger partial charge in [-0.3, -0.25) is 4.79 Å². The highest BCUT2D eigenvalue weighted by atomic mass is 19.1. The Morgan fingerprint density at radius 3 is 2.71 bits per heavy atom. The molecule has 1 aromatic carbocycles. The van der Waals surface area contributed by atoms with E-state index in [9.17, 15) is 14.0 Å². The van der Waals surface area contributed by atoms with Crippen molar-refractivity contribution in [3.05, 3.63) is 65.0 Å². The van der Waals surface area contributed by atoms with Crippen LogP contribution in [0, 0.1) is 12.7 Å². The van der Waals surface area contributed by atoms with Gasteiger partial charge in [0.25, 0.3) is 5.91 Å². The average Bonchev–Trinajstić information content (AvgIpc) is 3.07. The Bertz CT molecular complexity index is 1230. The van der Waals surface area contributed by atoms with Gasteiger partial charge in [0.05, 0.1) is 35.8 Å².